The smallest absolute Gasteiger partial charge is 0.0849 e. The lowest BCUT2D eigenvalue weighted by atomic mass is 9.96. The number of aliphatic hydroxyl groups excluding tert-OH is 1. The van der Waals surface area contributed by atoms with Gasteiger partial charge < -0.3 is 5.11 Å². The zero-order chi connectivity index (χ0) is 13.9. The van der Waals surface area contributed by atoms with E-state index in [0.717, 1.165) is 11.3 Å². The van der Waals surface area contributed by atoms with E-state index in [0.29, 0.717) is 12.6 Å². The summed E-state index contributed by atoms with van der Waals surface area (Å²) < 4.78 is 3.95. The monoisotopic (exact) mass is 274 g/mol. The average molecular weight is 274 g/mol. The van der Waals surface area contributed by atoms with Gasteiger partial charge in [-0.05, 0) is 25.8 Å². The summed E-state index contributed by atoms with van der Waals surface area (Å²) in [5, 5.41) is 18.4. The lowest BCUT2D eigenvalue weighted by molar-refractivity contribution is 0.199. The number of nitrogens with zero attached hydrogens (tertiary/aromatic N) is 4. The first-order valence-corrected chi connectivity index (χ1v) is 7.47. The molecule has 2 heterocycles. The van der Waals surface area contributed by atoms with Crippen molar-refractivity contribution in [3.05, 3.63) is 35.9 Å². The van der Waals surface area contributed by atoms with Crippen molar-refractivity contribution in [1.82, 2.24) is 19.6 Å². The highest BCUT2D eigenvalue weighted by Crippen LogP contribution is 2.27. The first kappa shape index (κ1) is 13.4. The third-order valence-electron chi connectivity index (χ3n) is 4.07. The highest BCUT2D eigenvalue weighted by atomic mass is 16.3. The minimum atomic E-state index is -0.469. The van der Waals surface area contributed by atoms with Gasteiger partial charge in [0.05, 0.1) is 30.6 Å². The van der Waals surface area contributed by atoms with Gasteiger partial charge in [0, 0.05) is 18.0 Å². The molecular weight excluding hydrogens is 252 g/mol. The lowest BCUT2D eigenvalue weighted by Crippen LogP contribution is -2.13. The van der Waals surface area contributed by atoms with E-state index in [1.807, 2.05) is 10.9 Å². The molecule has 0 amide bonds. The van der Waals surface area contributed by atoms with Crippen molar-refractivity contribution in [3.8, 4) is 0 Å². The summed E-state index contributed by atoms with van der Waals surface area (Å²) in [4.78, 5) is 0. The van der Waals surface area contributed by atoms with Crippen LogP contribution in [0.25, 0.3) is 0 Å². The van der Waals surface area contributed by atoms with Crippen LogP contribution in [0.2, 0.25) is 0 Å². The second-order valence-corrected chi connectivity index (χ2v) is 5.73. The third kappa shape index (κ3) is 2.93. The van der Waals surface area contributed by atoms with E-state index in [2.05, 4.69) is 27.1 Å². The molecule has 1 N–H and O–H groups in total. The first-order valence-electron chi connectivity index (χ1n) is 7.47. The molecule has 1 unspecified atom stereocenters. The number of aromatic nitrogens is 4. The van der Waals surface area contributed by atoms with Crippen LogP contribution in [-0.4, -0.2) is 24.7 Å². The summed E-state index contributed by atoms with van der Waals surface area (Å²) in [6, 6.07) is 2.64. The summed E-state index contributed by atoms with van der Waals surface area (Å²) in [5.41, 5.74) is 1.87. The van der Waals surface area contributed by atoms with Crippen LogP contribution in [0.1, 0.15) is 62.4 Å². The Kier molecular flexibility index (Phi) is 3.87. The fraction of sp³-hybridized carbons (Fsp3) is 0.600. The topological polar surface area (TPSA) is 55.9 Å². The van der Waals surface area contributed by atoms with Gasteiger partial charge in [-0.15, -0.1) is 0 Å². The van der Waals surface area contributed by atoms with E-state index in [1.165, 1.54) is 32.1 Å². The van der Waals surface area contributed by atoms with Crippen molar-refractivity contribution >= 4 is 0 Å². The maximum absolute atomic E-state index is 9.50. The Balaban J connectivity index is 1.66. The van der Waals surface area contributed by atoms with Gasteiger partial charge in [-0.3, -0.25) is 9.36 Å². The summed E-state index contributed by atoms with van der Waals surface area (Å²) >= 11 is 0. The molecule has 20 heavy (non-hydrogen) atoms. The Morgan fingerprint density at radius 1 is 1.35 bits per heavy atom. The van der Waals surface area contributed by atoms with E-state index in [-0.39, 0.29) is 0 Å². The van der Waals surface area contributed by atoms with Gasteiger partial charge in [0.25, 0.3) is 0 Å². The van der Waals surface area contributed by atoms with Gasteiger partial charge in [-0.25, -0.2) is 0 Å². The maximum Gasteiger partial charge on any atom is 0.0849 e. The Bertz CT molecular complexity index is 552. The third-order valence-corrected chi connectivity index (χ3v) is 4.07. The minimum absolute atomic E-state index is 0.469. The average Bonchev–Trinajstić information content (AvgIpc) is 3.10. The summed E-state index contributed by atoms with van der Waals surface area (Å²) in [6.07, 6.45) is 11.7. The van der Waals surface area contributed by atoms with Crippen molar-refractivity contribution in [1.29, 1.82) is 0 Å². The molecule has 0 spiro atoms. The summed E-state index contributed by atoms with van der Waals surface area (Å²) in [7, 11) is 0. The van der Waals surface area contributed by atoms with Crippen molar-refractivity contribution < 1.29 is 5.11 Å². The van der Waals surface area contributed by atoms with E-state index in [9.17, 15) is 5.11 Å². The number of aliphatic hydroxyl groups is 1. The normalized spacial score (nSPS) is 18.3. The minimum Gasteiger partial charge on any atom is -0.389 e. The fourth-order valence-corrected chi connectivity index (χ4v) is 2.86. The zero-order valence-electron chi connectivity index (χ0n) is 11.9. The molecule has 1 aliphatic rings. The van der Waals surface area contributed by atoms with Crippen molar-refractivity contribution in [2.45, 2.75) is 57.7 Å². The fourth-order valence-electron chi connectivity index (χ4n) is 2.86. The van der Waals surface area contributed by atoms with E-state index in [1.54, 1.807) is 13.1 Å². The molecule has 1 atom stereocenters. The SMILES string of the molecule is CC(O)c1cnn(Cc2ccn(C3CCCCC3)n2)c1. The predicted octanol–water partition coefficient (Wildman–Crippen LogP) is 2.69. The standard InChI is InChI=1S/C15H22N4O/c1-12(20)13-9-16-18(10-13)11-14-7-8-19(17-14)15-5-3-2-4-6-15/h7-10,12,15,20H,2-6,11H2,1H3. The molecule has 2 aromatic rings. The first-order chi connectivity index (χ1) is 9.72. The summed E-state index contributed by atoms with van der Waals surface area (Å²) in [5.74, 6) is 0. The van der Waals surface area contributed by atoms with Crippen molar-refractivity contribution in [3.63, 3.8) is 0 Å². The number of hydrogen-bond acceptors (Lipinski definition) is 3. The van der Waals surface area contributed by atoms with Crippen molar-refractivity contribution in [2.75, 3.05) is 0 Å². The molecule has 0 aliphatic heterocycles. The van der Waals surface area contributed by atoms with Crippen molar-refractivity contribution in [2.24, 2.45) is 0 Å². The molecule has 5 heteroatoms. The molecule has 108 valence electrons. The maximum atomic E-state index is 9.50. The molecule has 5 nitrogen and oxygen atoms in total. The molecule has 0 radical (unpaired) electrons. The second kappa shape index (κ2) is 5.79. The van der Waals surface area contributed by atoms with Crippen LogP contribution in [0.15, 0.2) is 24.7 Å². The Morgan fingerprint density at radius 2 is 2.15 bits per heavy atom. The van der Waals surface area contributed by atoms with Gasteiger partial charge in [0.1, 0.15) is 0 Å². The van der Waals surface area contributed by atoms with Crippen LogP contribution in [0.5, 0.6) is 0 Å². The van der Waals surface area contributed by atoms with E-state index >= 15 is 0 Å². The highest BCUT2D eigenvalue weighted by Gasteiger charge is 2.16. The van der Waals surface area contributed by atoms with Crippen LogP contribution < -0.4 is 0 Å². The number of rotatable bonds is 4. The van der Waals surface area contributed by atoms with Crippen LogP contribution in [-0.2, 0) is 6.54 Å². The number of hydrogen-bond donors (Lipinski definition) is 1. The van der Waals surface area contributed by atoms with Gasteiger partial charge in [-0.1, -0.05) is 19.3 Å². The Hall–Kier alpha value is -1.62. The van der Waals surface area contributed by atoms with Crippen LogP contribution in [0, 0.1) is 0 Å². The molecule has 2 aromatic heterocycles. The van der Waals surface area contributed by atoms with E-state index in [4.69, 9.17) is 0 Å². The Morgan fingerprint density at radius 3 is 2.85 bits per heavy atom. The lowest BCUT2D eigenvalue weighted by Gasteiger charge is -2.21. The molecule has 3 rings (SSSR count). The predicted molar refractivity (Wildman–Crippen MR) is 76.3 cm³/mol. The van der Waals surface area contributed by atoms with Gasteiger partial charge in [-0.2, -0.15) is 10.2 Å². The van der Waals surface area contributed by atoms with Crippen LogP contribution in [0.4, 0.5) is 0 Å². The largest absolute Gasteiger partial charge is 0.389 e. The van der Waals surface area contributed by atoms with Crippen LogP contribution in [0.3, 0.4) is 0 Å². The molecule has 1 fully saturated rings. The molecule has 0 aromatic carbocycles. The molecule has 1 saturated carbocycles. The molecule has 1 aliphatic carbocycles. The second-order valence-electron chi connectivity index (χ2n) is 5.73. The van der Waals surface area contributed by atoms with Gasteiger partial charge >= 0.3 is 0 Å². The zero-order valence-corrected chi connectivity index (χ0v) is 11.9. The van der Waals surface area contributed by atoms with Crippen LogP contribution >= 0.6 is 0 Å². The summed E-state index contributed by atoms with van der Waals surface area (Å²) in [6.45, 7) is 2.41. The van der Waals surface area contributed by atoms with Gasteiger partial charge in [0.2, 0.25) is 0 Å². The highest BCUT2D eigenvalue weighted by molar-refractivity contribution is 5.08. The molecular formula is C15H22N4O. The molecule has 0 bridgehead atoms. The Labute approximate surface area is 119 Å². The van der Waals surface area contributed by atoms with E-state index < -0.39 is 6.10 Å². The quantitative estimate of drug-likeness (QED) is 0.932. The van der Waals surface area contributed by atoms with Gasteiger partial charge in [0.15, 0.2) is 0 Å². The molecule has 0 saturated heterocycles.